The number of allylic oxidation sites excluding steroid dienone is 4. The van der Waals surface area contributed by atoms with Crippen molar-refractivity contribution in [3.05, 3.63) is 22.3 Å². The summed E-state index contributed by atoms with van der Waals surface area (Å²) in [6, 6.07) is 0. The fourth-order valence-corrected chi connectivity index (χ4v) is 4.33. The van der Waals surface area contributed by atoms with Crippen LogP contribution in [0.4, 0.5) is 0 Å². The summed E-state index contributed by atoms with van der Waals surface area (Å²) in [5.41, 5.74) is 7.69. The van der Waals surface area contributed by atoms with E-state index in [0.29, 0.717) is 10.8 Å². The van der Waals surface area contributed by atoms with Crippen LogP contribution in [0.1, 0.15) is 81.1 Å². The highest BCUT2D eigenvalue weighted by Gasteiger charge is 2.43. The molecule has 0 aliphatic heterocycles. The summed E-state index contributed by atoms with van der Waals surface area (Å²) < 4.78 is 0. The van der Waals surface area contributed by atoms with E-state index >= 15 is 0 Å². The van der Waals surface area contributed by atoms with Gasteiger partial charge in [-0.05, 0) is 53.1 Å². The van der Waals surface area contributed by atoms with E-state index in [1.54, 1.807) is 22.3 Å². The Labute approximate surface area is 126 Å². The van der Waals surface area contributed by atoms with E-state index in [1.807, 2.05) is 0 Å². The van der Waals surface area contributed by atoms with Gasteiger partial charge in [0.2, 0.25) is 0 Å². The first-order chi connectivity index (χ1) is 9.07. The zero-order valence-electron chi connectivity index (χ0n) is 15.0. The molecule has 1 fully saturated rings. The second-order valence-electron chi connectivity index (χ2n) is 9.08. The van der Waals surface area contributed by atoms with Crippen LogP contribution in [0.2, 0.25) is 0 Å². The van der Waals surface area contributed by atoms with Crippen LogP contribution >= 0.6 is 0 Å². The third-order valence-electron chi connectivity index (χ3n) is 5.28. The Hall–Kier alpha value is -0.520. The summed E-state index contributed by atoms with van der Waals surface area (Å²) in [7, 11) is 0. The monoisotopic (exact) mass is 274 g/mol. The lowest BCUT2D eigenvalue weighted by molar-refractivity contribution is 0.436. The normalized spacial score (nSPS) is 27.6. The van der Waals surface area contributed by atoms with Gasteiger partial charge in [-0.1, -0.05) is 73.0 Å². The van der Waals surface area contributed by atoms with Gasteiger partial charge in [-0.25, -0.2) is 0 Å². The Kier molecular flexibility index (Phi) is 4.00. The van der Waals surface area contributed by atoms with Crippen molar-refractivity contribution < 1.29 is 0 Å². The fraction of sp³-hybridized carbons (Fsp3) is 0.800. The molecular weight excluding hydrogens is 240 g/mol. The van der Waals surface area contributed by atoms with Crippen molar-refractivity contribution in [2.45, 2.75) is 81.1 Å². The van der Waals surface area contributed by atoms with Crippen molar-refractivity contribution in [1.29, 1.82) is 0 Å². The highest BCUT2D eigenvalue weighted by atomic mass is 14.5. The topological polar surface area (TPSA) is 0 Å². The Morgan fingerprint density at radius 3 is 1.85 bits per heavy atom. The Morgan fingerprint density at radius 2 is 1.40 bits per heavy atom. The predicted octanol–water partition coefficient (Wildman–Crippen LogP) is 6.53. The molecule has 20 heavy (non-hydrogen) atoms. The molecule has 0 saturated heterocycles. The van der Waals surface area contributed by atoms with Gasteiger partial charge >= 0.3 is 0 Å². The van der Waals surface area contributed by atoms with E-state index in [2.05, 4.69) is 55.4 Å². The standard InChI is InChI=1S/C20H34/c1-9-10-14-11-13(2)17-15(19(3,4)5)12-16(18(14)17)20(6,7)8/h13-14H,9-12H2,1-8H3. The molecule has 0 heterocycles. The van der Waals surface area contributed by atoms with Crippen molar-refractivity contribution in [1.82, 2.24) is 0 Å². The van der Waals surface area contributed by atoms with E-state index in [4.69, 9.17) is 0 Å². The summed E-state index contributed by atoms with van der Waals surface area (Å²) >= 11 is 0. The molecule has 114 valence electrons. The van der Waals surface area contributed by atoms with Crippen molar-refractivity contribution >= 4 is 0 Å². The third-order valence-corrected chi connectivity index (χ3v) is 5.28. The molecule has 0 aromatic carbocycles. The summed E-state index contributed by atoms with van der Waals surface area (Å²) in [6.45, 7) is 19.2. The Balaban J connectivity index is 2.54. The van der Waals surface area contributed by atoms with E-state index in [9.17, 15) is 0 Å². The summed E-state index contributed by atoms with van der Waals surface area (Å²) in [5, 5.41) is 0. The number of hydrogen-bond acceptors (Lipinski definition) is 0. The van der Waals surface area contributed by atoms with Crippen LogP contribution in [0.25, 0.3) is 0 Å². The summed E-state index contributed by atoms with van der Waals surface area (Å²) in [5.74, 6) is 1.61. The molecule has 0 radical (unpaired) electrons. The largest absolute Gasteiger partial charge is 0.0654 e. The van der Waals surface area contributed by atoms with Crippen LogP contribution in [-0.4, -0.2) is 0 Å². The van der Waals surface area contributed by atoms with Gasteiger partial charge in [0.05, 0.1) is 0 Å². The molecule has 0 bridgehead atoms. The molecule has 1 saturated carbocycles. The van der Waals surface area contributed by atoms with Gasteiger partial charge in [-0.2, -0.15) is 0 Å². The van der Waals surface area contributed by atoms with Gasteiger partial charge in [0, 0.05) is 0 Å². The maximum absolute atomic E-state index is 2.46. The number of hydrogen-bond donors (Lipinski definition) is 0. The lowest BCUT2D eigenvalue weighted by Crippen LogP contribution is -2.15. The van der Waals surface area contributed by atoms with Crippen LogP contribution < -0.4 is 0 Å². The summed E-state index contributed by atoms with van der Waals surface area (Å²) in [6.07, 6.45) is 5.32. The molecule has 2 aliphatic rings. The van der Waals surface area contributed by atoms with Gasteiger partial charge in [-0.15, -0.1) is 0 Å². The average molecular weight is 274 g/mol. The van der Waals surface area contributed by atoms with E-state index in [1.165, 1.54) is 25.7 Å². The number of fused-ring (bicyclic) bond motifs is 1. The van der Waals surface area contributed by atoms with Gasteiger partial charge in [0.15, 0.2) is 0 Å². The highest BCUT2D eigenvalue weighted by molar-refractivity contribution is 5.55. The number of rotatable bonds is 2. The highest BCUT2D eigenvalue weighted by Crippen LogP contribution is 2.57. The van der Waals surface area contributed by atoms with Crippen LogP contribution in [0.5, 0.6) is 0 Å². The van der Waals surface area contributed by atoms with Crippen LogP contribution in [0.15, 0.2) is 22.3 Å². The molecular formula is C20H34. The maximum atomic E-state index is 2.46. The van der Waals surface area contributed by atoms with Crippen molar-refractivity contribution in [3.63, 3.8) is 0 Å². The second-order valence-corrected chi connectivity index (χ2v) is 9.08. The molecule has 2 atom stereocenters. The molecule has 2 unspecified atom stereocenters. The second kappa shape index (κ2) is 5.04. The van der Waals surface area contributed by atoms with E-state index in [-0.39, 0.29) is 0 Å². The lowest BCUT2D eigenvalue weighted by atomic mass is 9.77. The molecule has 0 amide bonds. The van der Waals surface area contributed by atoms with E-state index in [0.717, 1.165) is 11.8 Å². The quantitative estimate of drug-likeness (QED) is 0.537. The van der Waals surface area contributed by atoms with Crippen LogP contribution in [-0.2, 0) is 0 Å². The van der Waals surface area contributed by atoms with Crippen molar-refractivity contribution in [2.75, 3.05) is 0 Å². The minimum Gasteiger partial charge on any atom is -0.0654 e. The first-order valence-electron chi connectivity index (χ1n) is 8.54. The van der Waals surface area contributed by atoms with Crippen molar-refractivity contribution in [2.24, 2.45) is 22.7 Å². The van der Waals surface area contributed by atoms with Crippen molar-refractivity contribution in [3.8, 4) is 0 Å². The van der Waals surface area contributed by atoms with Crippen LogP contribution in [0, 0.1) is 22.7 Å². The van der Waals surface area contributed by atoms with Gasteiger partial charge in [0.1, 0.15) is 0 Å². The maximum Gasteiger partial charge on any atom is -0.00859 e. The van der Waals surface area contributed by atoms with Gasteiger partial charge < -0.3 is 0 Å². The Bertz CT molecular complexity index is 445. The SMILES string of the molecule is CCCC1CC(C)C2=C(C(C)(C)C)CC(C(C)(C)C)=C21. The zero-order chi connectivity index (χ0) is 15.3. The van der Waals surface area contributed by atoms with Crippen LogP contribution in [0.3, 0.4) is 0 Å². The van der Waals surface area contributed by atoms with Gasteiger partial charge in [-0.3, -0.25) is 0 Å². The first kappa shape index (κ1) is 15.9. The predicted molar refractivity (Wildman–Crippen MR) is 89.8 cm³/mol. The molecule has 0 spiro atoms. The minimum absolute atomic E-state index is 0.322. The lowest BCUT2D eigenvalue weighted by Gasteiger charge is -2.28. The summed E-state index contributed by atoms with van der Waals surface area (Å²) in [4.78, 5) is 0. The zero-order valence-corrected chi connectivity index (χ0v) is 15.0. The fourth-order valence-electron chi connectivity index (χ4n) is 4.33. The smallest absolute Gasteiger partial charge is 0.00859 e. The molecule has 0 aromatic rings. The first-order valence-corrected chi connectivity index (χ1v) is 8.54. The molecule has 2 rings (SSSR count). The molecule has 2 aliphatic carbocycles. The molecule has 0 aromatic heterocycles. The van der Waals surface area contributed by atoms with E-state index < -0.39 is 0 Å². The Morgan fingerprint density at radius 1 is 0.900 bits per heavy atom. The molecule has 0 N–H and O–H groups in total. The minimum atomic E-state index is 0.322. The molecule has 0 heteroatoms. The molecule has 0 nitrogen and oxygen atoms in total. The van der Waals surface area contributed by atoms with Gasteiger partial charge in [0.25, 0.3) is 0 Å². The third kappa shape index (κ3) is 2.63. The average Bonchev–Trinajstić information content (AvgIpc) is 2.77.